The highest BCUT2D eigenvalue weighted by atomic mass is 16.3. The molecule has 0 spiro atoms. The zero-order chi connectivity index (χ0) is 40.3. The molecular weight excluding hydrogens is 739 g/mol. The predicted molar refractivity (Wildman–Crippen MR) is 254 cm³/mol. The van der Waals surface area contributed by atoms with Crippen LogP contribution in [-0.2, 0) is 5.41 Å². The lowest BCUT2D eigenvalue weighted by molar-refractivity contribution is 0.672. The standard InChI is InChI=1S/C59H39NO/c1-5-17-40(18-6-1)41-29-31-45(32-30-41)60(46-34-36-57-53(37-46)54-39-52(42-19-7-2-8-20-42)48-25-13-14-27-51(48)58(54)61-57)47-33-35-50-49-26-15-16-28-55(49)59(56(50)38-47,43-21-9-3-10-22-43)44-23-11-4-12-24-44/h1-39H. The van der Waals surface area contributed by atoms with Gasteiger partial charge in [-0.25, -0.2) is 0 Å². The molecule has 0 saturated heterocycles. The van der Waals surface area contributed by atoms with E-state index < -0.39 is 5.41 Å². The van der Waals surface area contributed by atoms with Crippen LogP contribution in [0, 0.1) is 0 Å². The molecule has 1 aliphatic rings. The zero-order valence-corrected chi connectivity index (χ0v) is 33.4. The SMILES string of the molecule is c1ccc(-c2ccc(N(c3ccc4c(c3)C(c3ccccc3)(c3ccccc3)c3ccccc3-4)c3ccc4oc5c6ccccc6c(-c6ccccc6)cc5c4c3)cc2)cc1. The summed E-state index contributed by atoms with van der Waals surface area (Å²) in [7, 11) is 0. The van der Waals surface area contributed by atoms with Crippen LogP contribution in [0.5, 0.6) is 0 Å². The first kappa shape index (κ1) is 35.0. The summed E-state index contributed by atoms with van der Waals surface area (Å²) in [5, 5.41) is 4.48. The third-order valence-electron chi connectivity index (χ3n) is 12.7. The smallest absolute Gasteiger partial charge is 0.143 e. The van der Waals surface area contributed by atoms with E-state index in [9.17, 15) is 0 Å². The van der Waals surface area contributed by atoms with Crippen LogP contribution in [0.1, 0.15) is 22.3 Å². The van der Waals surface area contributed by atoms with Crippen LogP contribution in [-0.4, -0.2) is 0 Å². The fourth-order valence-corrected chi connectivity index (χ4v) is 10.0. The number of nitrogens with zero attached hydrogens (tertiary/aromatic N) is 1. The topological polar surface area (TPSA) is 16.4 Å². The van der Waals surface area contributed by atoms with Crippen LogP contribution in [0.15, 0.2) is 241 Å². The van der Waals surface area contributed by atoms with Crippen molar-refractivity contribution in [2.45, 2.75) is 5.41 Å². The molecule has 12 rings (SSSR count). The van der Waals surface area contributed by atoms with Crippen molar-refractivity contribution in [1.29, 1.82) is 0 Å². The Morgan fingerprint density at radius 2 is 0.836 bits per heavy atom. The molecule has 0 N–H and O–H groups in total. The Morgan fingerprint density at radius 1 is 0.311 bits per heavy atom. The molecule has 1 heterocycles. The zero-order valence-electron chi connectivity index (χ0n) is 33.4. The molecular formula is C59H39NO. The third-order valence-corrected chi connectivity index (χ3v) is 12.7. The fourth-order valence-electron chi connectivity index (χ4n) is 10.0. The lowest BCUT2D eigenvalue weighted by Crippen LogP contribution is -2.28. The summed E-state index contributed by atoms with van der Waals surface area (Å²) in [6, 6.07) is 86.0. The lowest BCUT2D eigenvalue weighted by Gasteiger charge is -2.35. The largest absolute Gasteiger partial charge is 0.455 e. The monoisotopic (exact) mass is 777 g/mol. The van der Waals surface area contributed by atoms with Crippen molar-refractivity contribution in [3.05, 3.63) is 259 Å². The van der Waals surface area contributed by atoms with E-state index in [0.29, 0.717) is 0 Å². The summed E-state index contributed by atoms with van der Waals surface area (Å²) in [4.78, 5) is 2.41. The van der Waals surface area contributed by atoms with Crippen LogP contribution < -0.4 is 4.90 Å². The van der Waals surface area contributed by atoms with Crippen LogP contribution in [0.3, 0.4) is 0 Å². The highest BCUT2D eigenvalue weighted by Gasteiger charge is 2.46. The molecule has 0 bridgehead atoms. The van der Waals surface area contributed by atoms with Crippen LogP contribution in [0.4, 0.5) is 17.1 Å². The van der Waals surface area contributed by atoms with Gasteiger partial charge in [-0.15, -0.1) is 0 Å². The van der Waals surface area contributed by atoms with Gasteiger partial charge in [-0.2, -0.15) is 0 Å². The first-order valence-electron chi connectivity index (χ1n) is 21.0. The van der Waals surface area contributed by atoms with Crippen molar-refractivity contribution >= 4 is 49.8 Å². The molecule has 11 aromatic rings. The van der Waals surface area contributed by atoms with E-state index in [1.54, 1.807) is 0 Å². The Morgan fingerprint density at radius 3 is 1.54 bits per heavy atom. The molecule has 2 nitrogen and oxygen atoms in total. The highest BCUT2D eigenvalue weighted by molar-refractivity contribution is 6.19. The average molecular weight is 778 g/mol. The molecule has 0 unspecified atom stereocenters. The minimum Gasteiger partial charge on any atom is -0.455 e. The van der Waals surface area contributed by atoms with Gasteiger partial charge < -0.3 is 9.32 Å². The second-order valence-corrected chi connectivity index (χ2v) is 16.0. The summed E-state index contributed by atoms with van der Waals surface area (Å²) in [5.74, 6) is 0. The Kier molecular flexibility index (Phi) is 8.11. The Bertz CT molecular complexity index is 3350. The number of furan rings is 1. The van der Waals surface area contributed by atoms with E-state index in [1.165, 1.54) is 61.0 Å². The number of hydrogen-bond donors (Lipinski definition) is 0. The second-order valence-electron chi connectivity index (χ2n) is 16.0. The third kappa shape index (κ3) is 5.50. The van der Waals surface area contributed by atoms with E-state index >= 15 is 0 Å². The maximum Gasteiger partial charge on any atom is 0.143 e. The molecule has 0 fully saturated rings. The number of hydrogen-bond acceptors (Lipinski definition) is 2. The van der Waals surface area contributed by atoms with E-state index in [2.05, 4.69) is 241 Å². The minimum absolute atomic E-state index is 0.521. The van der Waals surface area contributed by atoms with E-state index in [0.717, 1.165) is 44.4 Å². The van der Waals surface area contributed by atoms with Crippen molar-refractivity contribution in [2.75, 3.05) is 4.90 Å². The molecule has 61 heavy (non-hydrogen) atoms. The number of fused-ring (bicyclic) bond motifs is 8. The van der Waals surface area contributed by atoms with Gasteiger partial charge in [-0.1, -0.05) is 188 Å². The van der Waals surface area contributed by atoms with Crippen molar-refractivity contribution in [1.82, 2.24) is 0 Å². The molecule has 0 amide bonds. The van der Waals surface area contributed by atoms with Crippen molar-refractivity contribution in [3.8, 4) is 33.4 Å². The van der Waals surface area contributed by atoms with Gasteiger partial charge in [0.05, 0.1) is 5.41 Å². The number of rotatable bonds is 7. The average Bonchev–Trinajstić information content (AvgIpc) is 3.86. The van der Waals surface area contributed by atoms with Crippen molar-refractivity contribution in [2.24, 2.45) is 0 Å². The highest BCUT2D eigenvalue weighted by Crippen LogP contribution is 2.57. The Hall–Kier alpha value is -7.94. The molecule has 10 aromatic carbocycles. The van der Waals surface area contributed by atoms with Crippen molar-refractivity contribution < 1.29 is 4.42 Å². The van der Waals surface area contributed by atoms with Gasteiger partial charge in [0.15, 0.2) is 0 Å². The molecule has 0 atom stereocenters. The van der Waals surface area contributed by atoms with Gasteiger partial charge in [0, 0.05) is 33.2 Å². The van der Waals surface area contributed by atoms with Gasteiger partial charge in [0.1, 0.15) is 11.2 Å². The number of benzene rings is 10. The molecule has 1 aliphatic carbocycles. The molecule has 286 valence electrons. The van der Waals surface area contributed by atoms with Gasteiger partial charge in [0.25, 0.3) is 0 Å². The van der Waals surface area contributed by atoms with E-state index in [1.807, 2.05) is 0 Å². The summed E-state index contributed by atoms with van der Waals surface area (Å²) >= 11 is 0. The van der Waals surface area contributed by atoms with Gasteiger partial charge in [-0.3, -0.25) is 0 Å². The predicted octanol–water partition coefficient (Wildman–Crippen LogP) is 15.9. The molecule has 0 aliphatic heterocycles. The molecule has 2 heteroatoms. The normalized spacial score (nSPS) is 12.7. The van der Waals surface area contributed by atoms with Crippen LogP contribution in [0.2, 0.25) is 0 Å². The van der Waals surface area contributed by atoms with E-state index in [-0.39, 0.29) is 0 Å². The molecule has 0 saturated carbocycles. The summed E-state index contributed by atoms with van der Waals surface area (Å²) in [6.07, 6.45) is 0. The summed E-state index contributed by atoms with van der Waals surface area (Å²) in [6.45, 7) is 0. The lowest BCUT2D eigenvalue weighted by atomic mass is 9.67. The second kappa shape index (κ2) is 14.1. The maximum absolute atomic E-state index is 6.77. The maximum atomic E-state index is 6.77. The first-order chi connectivity index (χ1) is 30.3. The van der Waals surface area contributed by atoms with Gasteiger partial charge >= 0.3 is 0 Å². The summed E-state index contributed by atoms with van der Waals surface area (Å²) in [5.41, 5.74) is 16.8. The summed E-state index contributed by atoms with van der Waals surface area (Å²) < 4.78 is 6.77. The van der Waals surface area contributed by atoms with E-state index in [4.69, 9.17) is 4.42 Å². The van der Waals surface area contributed by atoms with Crippen molar-refractivity contribution in [3.63, 3.8) is 0 Å². The van der Waals surface area contributed by atoms with Gasteiger partial charge in [0.2, 0.25) is 0 Å². The van der Waals surface area contributed by atoms with Crippen LogP contribution >= 0.6 is 0 Å². The molecule has 1 aromatic heterocycles. The van der Waals surface area contributed by atoms with Gasteiger partial charge in [-0.05, 0) is 110 Å². The Balaban J connectivity index is 1.11. The molecule has 0 radical (unpaired) electrons. The minimum atomic E-state index is -0.521. The quantitative estimate of drug-likeness (QED) is 0.160. The first-order valence-corrected chi connectivity index (χ1v) is 21.0. The fraction of sp³-hybridized carbons (Fsp3) is 0.0169. The van der Waals surface area contributed by atoms with Crippen LogP contribution in [0.25, 0.3) is 66.1 Å². The number of anilines is 3. The Labute approximate surface area is 355 Å².